The molecular formula is C58H78N6O19P2. The number of likely N-dealkylation sites (N-methyl/N-ethyl adjacent to an activating group) is 1. The summed E-state index contributed by atoms with van der Waals surface area (Å²) in [6.07, 6.45) is 3.09. The molecule has 0 unspecified atom stereocenters. The minimum atomic E-state index is -5.21. The molecule has 5 aliphatic rings. The van der Waals surface area contributed by atoms with Gasteiger partial charge in [0.05, 0.1) is 35.1 Å². The van der Waals surface area contributed by atoms with E-state index in [-0.39, 0.29) is 60.9 Å². The number of ether oxygens (including phenoxy) is 5. The second kappa shape index (κ2) is 25.8. The van der Waals surface area contributed by atoms with Crippen LogP contribution in [0, 0.1) is 36.5 Å². The molecule has 0 radical (unpaired) electrons. The average molecular weight is 1230 g/mol. The largest absolute Gasteiger partial charge is 0.507 e. The van der Waals surface area contributed by atoms with E-state index in [9.17, 15) is 68.0 Å². The van der Waals surface area contributed by atoms with E-state index in [0.717, 1.165) is 11.4 Å². The number of amides is 3. The number of rotatable bonds is 12. The molecule has 1 fully saturated rings. The quantitative estimate of drug-likeness (QED) is 0.0597. The smallest absolute Gasteiger partial charge is 0.341 e. The summed E-state index contributed by atoms with van der Waals surface area (Å²) in [5.41, 5.74) is -0.229. The minimum Gasteiger partial charge on any atom is -0.507 e. The van der Waals surface area contributed by atoms with E-state index in [1.165, 1.54) is 90.6 Å². The third-order valence-corrected chi connectivity index (χ3v) is 20.0. The highest BCUT2D eigenvalue weighted by atomic mass is 31.2. The van der Waals surface area contributed by atoms with Crippen molar-refractivity contribution in [2.45, 2.75) is 130 Å². The Balaban J connectivity index is 1.26. The molecule has 8 rings (SSSR count). The van der Waals surface area contributed by atoms with Crippen LogP contribution in [-0.2, 0) is 48.9 Å². The lowest BCUT2D eigenvalue weighted by molar-refractivity contribution is -0.165. The fraction of sp³-hybridized carbons (Fsp3) is 0.534. The fourth-order valence-electron chi connectivity index (χ4n) is 11.5. The standard InChI is InChI=1S/C58H78N6O19P2/c1-29(2)27-64-23-21-58(22-24-64)61-45-42-43-49(68)35(8)53-44(42)54(70)57(10,83-53)80-25-20-39(79-12)32(5)52(81-36(9)65)34(7)48(67)33(6)51(30(3)14-13-15-31(4)55(71)60-47(50(43)69)46(45)62-58)82-40(66)28-63(11)56(72)59-38-18-16-37(17-19-38)26-41(84(73,74)75)85(76,77)78/h13-20,25,29-30,32-34,39,41,48,51-52,61,67-69H,21-24,26-28H2,1-12H3,(H,59,72)(H2,73,74,75)(H2,76,77,78)/b14-13+,25-20+,31-15-,60-47?/t30-,32+,33-,34+,39-,48+,51-,52+,57-/m0/s1. The van der Waals surface area contributed by atoms with Crippen molar-refractivity contribution in [3.8, 4) is 17.2 Å². The number of likely N-dealkylation sites (tertiary alicyclic amines) is 1. The van der Waals surface area contributed by atoms with Crippen LogP contribution in [0.5, 0.6) is 17.2 Å². The Morgan fingerprint density at radius 2 is 1.53 bits per heavy atom. The molecule has 1 saturated heterocycles. The molecule has 5 bridgehead atoms. The van der Waals surface area contributed by atoms with Crippen molar-refractivity contribution in [2.75, 3.05) is 51.0 Å². The summed E-state index contributed by atoms with van der Waals surface area (Å²) in [5.74, 6) is -9.11. The van der Waals surface area contributed by atoms with E-state index in [0.29, 0.717) is 31.8 Å². The van der Waals surface area contributed by atoms with Crippen LogP contribution >= 0.6 is 15.2 Å². The maximum Gasteiger partial charge on any atom is 0.341 e. The number of phenols is 2. The van der Waals surface area contributed by atoms with Gasteiger partial charge in [-0.3, -0.25) is 33.3 Å². The predicted molar refractivity (Wildman–Crippen MR) is 311 cm³/mol. The van der Waals surface area contributed by atoms with Crippen molar-refractivity contribution < 1.29 is 91.7 Å². The lowest BCUT2D eigenvalue weighted by atomic mass is 9.78. The maximum absolute atomic E-state index is 15.0. The molecule has 25 nitrogen and oxygen atoms in total. The number of anilines is 2. The van der Waals surface area contributed by atoms with E-state index < -0.39 is 134 Å². The number of esters is 2. The van der Waals surface area contributed by atoms with Gasteiger partial charge in [0, 0.05) is 106 Å². The monoisotopic (exact) mass is 1220 g/mol. The Morgan fingerprint density at radius 3 is 2.12 bits per heavy atom. The Labute approximate surface area is 492 Å². The highest BCUT2D eigenvalue weighted by molar-refractivity contribution is 7.70. The van der Waals surface area contributed by atoms with Gasteiger partial charge in [-0.15, -0.1) is 0 Å². The maximum atomic E-state index is 15.0. The number of carbonyl (C=O) groups is 5. The molecule has 9 N–H and O–H groups in total. The van der Waals surface area contributed by atoms with Gasteiger partial charge in [-0.05, 0) is 50.0 Å². The van der Waals surface area contributed by atoms with Gasteiger partial charge in [0.25, 0.3) is 11.7 Å². The molecule has 9 atom stereocenters. The number of allylic oxidation sites excluding steroid dienone is 2. The number of aliphatic hydroxyl groups excluding tert-OH is 1. The lowest BCUT2D eigenvalue weighted by Gasteiger charge is -2.39. The normalized spacial score (nSPS) is 27.0. The number of ketones is 1. The second-order valence-electron chi connectivity index (χ2n) is 23.3. The van der Waals surface area contributed by atoms with Crippen LogP contribution in [-0.4, -0.2) is 156 Å². The van der Waals surface area contributed by atoms with Crippen LogP contribution in [0.15, 0.2) is 70.4 Å². The number of nitrogens with one attached hydrogen (secondary N) is 2. The zero-order valence-electron chi connectivity index (χ0n) is 49.6. The van der Waals surface area contributed by atoms with Crippen molar-refractivity contribution in [3.63, 3.8) is 0 Å². The van der Waals surface area contributed by atoms with E-state index in [1.807, 2.05) is 0 Å². The molecule has 85 heavy (non-hydrogen) atoms. The van der Waals surface area contributed by atoms with E-state index >= 15 is 0 Å². The number of phenolic OH excluding ortho intramolecular Hbond substituents is 2. The number of hydrogen-bond acceptors (Lipinski definition) is 18. The third kappa shape index (κ3) is 14.3. The molecule has 3 aromatic rings. The summed E-state index contributed by atoms with van der Waals surface area (Å²) in [6.45, 7) is 18.1. The number of nitrogens with zero attached hydrogens (tertiary/aromatic N) is 4. The Bertz CT molecular complexity index is 3400. The van der Waals surface area contributed by atoms with Crippen LogP contribution in [0.1, 0.15) is 96.6 Å². The fourth-order valence-corrected chi connectivity index (χ4v) is 13.9. The molecule has 5 aliphatic heterocycles. The van der Waals surface area contributed by atoms with Gasteiger partial charge in [0.15, 0.2) is 11.1 Å². The molecule has 0 aliphatic carbocycles. The van der Waals surface area contributed by atoms with Gasteiger partial charge in [0.1, 0.15) is 46.6 Å². The van der Waals surface area contributed by atoms with Gasteiger partial charge in [0.2, 0.25) is 0 Å². The van der Waals surface area contributed by atoms with Gasteiger partial charge < -0.3 is 79.0 Å². The molecule has 464 valence electrons. The number of urea groups is 1. The minimum absolute atomic E-state index is 0.0102. The van der Waals surface area contributed by atoms with Crippen LogP contribution in [0.25, 0.3) is 10.8 Å². The molecule has 0 saturated carbocycles. The summed E-state index contributed by atoms with van der Waals surface area (Å²) in [4.78, 5) is 121. The Hall–Kier alpha value is -6.53. The van der Waals surface area contributed by atoms with Crippen molar-refractivity contribution in [1.82, 2.24) is 9.80 Å². The number of Topliss-reactive ketones (excluding diaryl/α,β-unsaturated/α-hetero) is 1. The molecule has 1 spiro atoms. The Morgan fingerprint density at radius 1 is 0.906 bits per heavy atom. The first-order valence-electron chi connectivity index (χ1n) is 27.9. The lowest BCUT2D eigenvalue weighted by Crippen LogP contribution is -2.48. The number of carbonyl (C=O) groups excluding carboxylic acids is 5. The molecule has 27 heteroatoms. The average Bonchev–Trinajstić information content (AvgIpc) is 2.88. The number of fused-ring (bicyclic) bond motifs is 13. The Kier molecular flexibility index (Phi) is 20.0. The van der Waals surface area contributed by atoms with Crippen LogP contribution in [0.3, 0.4) is 0 Å². The molecule has 3 aromatic carbocycles. The first-order chi connectivity index (χ1) is 39.6. The van der Waals surface area contributed by atoms with Crippen molar-refractivity contribution in [1.29, 1.82) is 0 Å². The zero-order chi connectivity index (χ0) is 63.0. The number of methoxy groups -OCH3 is 1. The summed E-state index contributed by atoms with van der Waals surface area (Å²) in [7, 11) is -7.71. The molecular weight excluding hydrogens is 1150 g/mol. The van der Waals surface area contributed by atoms with Crippen LogP contribution < -0.4 is 26.1 Å². The van der Waals surface area contributed by atoms with Crippen molar-refractivity contribution >= 4 is 67.0 Å². The topological polar surface area (TPSA) is 363 Å². The van der Waals surface area contributed by atoms with Crippen LogP contribution in [0.4, 0.5) is 16.2 Å². The molecule has 5 heterocycles. The summed E-state index contributed by atoms with van der Waals surface area (Å²) >= 11 is 0. The number of piperidine rings is 1. The highest BCUT2D eigenvalue weighted by Gasteiger charge is 2.51. The van der Waals surface area contributed by atoms with Gasteiger partial charge in [-0.25, -0.2) is 9.79 Å². The van der Waals surface area contributed by atoms with Crippen molar-refractivity contribution in [2.24, 2.45) is 39.6 Å². The van der Waals surface area contributed by atoms with E-state index in [2.05, 4.69) is 34.4 Å². The van der Waals surface area contributed by atoms with E-state index in [4.69, 9.17) is 28.7 Å². The van der Waals surface area contributed by atoms with Crippen LogP contribution in [0.2, 0.25) is 0 Å². The SMILES string of the molecule is CO[C@H]1/C=C/O[C@@]2(C)Oc3c(C)c(O)c4c(O)c(c5c(c4c3C2=O)NC2(CCN(CC(C)C)CC2)N=5)=NC(=O)/C(C)=C\C=C\[C@H](C)[C@H](OC(=O)CN(C)C(=O)Nc2ccc(CC(P(=O)(O)O)P(=O)(O)O)cc2)[C@@H](C)[C@@H](O)[C@@H](C)[C@H](OC(C)=O)[C@@H]1C. The number of aromatic hydroxyl groups is 2. The van der Waals surface area contributed by atoms with Gasteiger partial charge >= 0.3 is 38.9 Å². The van der Waals surface area contributed by atoms with Crippen molar-refractivity contribution in [3.05, 3.63) is 87.8 Å². The molecule has 3 amide bonds. The number of benzene rings is 3. The first kappa shape index (κ1) is 66.0. The summed E-state index contributed by atoms with van der Waals surface area (Å²) in [5, 5.41) is 40.2. The first-order valence-corrected chi connectivity index (χ1v) is 31.3. The molecule has 0 aromatic heterocycles. The number of hydrogen-bond donors (Lipinski definition) is 9. The second-order valence-corrected chi connectivity index (χ2v) is 27.3. The number of aliphatic hydroxyl groups is 1. The predicted octanol–water partition coefficient (Wildman–Crippen LogP) is 5.69. The van der Waals surface area contributed by atoms with Gasteiger partial charge in [-0.2, -0.15) is 0 Å². The van der Waals surface area contributed by atoms with E-state index in [1.54, 1.807) is 33.8 Å². The summed E-state index contributed by atoms with van der Waals surface area (Å²) < 4.78 is 54.1. The zero-order valence-corrected chi connectivity index (χ0v) is 51.4. The van der Waals surface area contributed by atoms with Gasteiger partial charge in [-0.1, -0.05) is 71.9 Å². The third-order valence-electron chi connectivity index (χ3n) is 16.3. The highest BCUT2D eigenvalue weighted by Crippen LogP contribution is 2.61. The summed E-state index contributed by atoms with van der Waals surface area (Å²) in [6, 6.07) is 4.50.